The molecule has 7 nitrogen and oxygen atoms in total. The minimum absolute atomic E-state index is 0.185. The minimum atomic E-state index is -0.946. The van der Waals surface area contributed by atoms with Crippen molar-refractivity contribution in [2.45, 2.75) is 52.0 Å². The molecule has 1 N–H and O–H groups in total. The molecule has 4 aromatic rings. The van der Waals surface area contributed by atoms with Crippen LogP contribution in [0.25, 0.3) is 11.1 Å². The second kappa shape index (κ2) is 14.2. The molecule has 0 spiro atoms. The Hall–Kier alpha value is -4.78. The number of hydrogen-bond donors (Lipinski definition) is 1. The number of carbonyl (C=O) groups excluding carboxylic acids is 2. The standard InChI is InChI=1S/C35H37NO6/c1-35(2,3)42-34(38)36-30(33(37)39-4)22-27-19-20-32(41-24-26-15-9-6-10-16-26)29(21-27)28-17-11-12-18-31(28)40-23-25-13-7-5-8-14-25/h5-21,30H,22-24H2,1-4H3,(H,36,38)/t30-/m0/s1. The molecule has 0 aliphatic heterocycles. The van der Waals surface area contributed by atoms with Gasteiger partial charge in [-0.3, -0.25) is 0 Å². The fourth-order valence-electron chi connectivity index (χ4n) is 4.35. The summed E-state index contributed by atoms with van der Waals surface area (Å²) in [7, 11) is 1.29. The number of hydrogen-bond acceptors (Lipinski definition) is 6. The highest BCUT2D eigenvalue weighted by molar-refractivity contribution is 5.82. The van der Waals surface area contributed by atoms with Gasteiger partial charge in [-0.1, -0.05) is 84.9 Å². The van der Waals surface area contributed by atoms with Gasteiger partial charge in [0.05, 0.1) is 7.11 Å². The second-order valence-electron chi connectivity index (χ2n) is 10.8. The van der Waals surface area contributed by atoms with Gasteiger partial charge in [0.25, 0.3) is 0 Å². The third-order valence-corrected chi connectivity index (χ3v) is 6.31. The molecule has 0 bridgehead atoms. The van der Waals surface area contributed by atoms with Crippen LogP contribution in [0.2, 0.25) is 0 Å². The van der Waals surface area contributed by atoms with Crippen LogP contribution >= 0.6 is 0 Å². The summed E-state index contributed by atoms with van der Waals surface area (Å²) in [6.07, 6.45) is -0.508. The van der Waals surface area contributed by atoms with E-state index in [0.29, 0.717) is 24.7 Å². The lowest BCUT2D eigenvalue weighted by Gasteiger charge is -2.23. The van der Waals surface area contributed by atoms with Crippen molar-refractivity contribution in [2.75, 3.05) is 7.11 Å². The molecule has 0 aromatic heterocycles. The van der Waals surface area contributed by atoms with E-state index >= 15 is 0 Å². The molecule has 0 unspecified atom stereocenters. The van der Waals surface area contributed by atoms with Gasteiger partial charge in [0.1, 0.15) is 36.4 Å². The van der Waals surface area contributed by atoms with Crippen molar-refractivity contribution >= 4 is 12.1 Å². The molecule has 0 aliphatic rings. The first-order valence-corrected chi connectivity index (χ1v) is 13.8. The number of carbonyl (C=O) groups is 2. The first-order valence-electron chi connectivity index (χ1n) is 13.8. The van der Waals surface area contributed by atoms with Crippen molar-refractivity contribution in [3.05, 3.63) is 120 Å². The maximum Gasteiger partial charge on any atom is 0.408 e. The number of ether oxygens (including phenoxy) is 4. The number of alkyl carbamates (subject to hydrolysis) is 1. The first kappa shape index (κ1) is 30.2. The van der Waals surface area contributed by atoms with Crippen molar-refractivity contribution < 1.29 is 28.5 Å². The van der Waals surface area contributed by atoms with Gasteiger partial charge >= 0.3 is 12.1 Å². The first-order chi connectivity index (χ1) is 20.2. The molecule has 0 heterocycles. The van der Waals surface area contributed by atoms with Gasteiger partial charge in [-0.05, 0) is 55.7 Å². The van der Waals surface area contributed by atoms with Crippen molar-refractivity contribution in [1.29, 1.82) is 0 Å². The van der Waals surface area contributed by atoms with E-state index in [0.717, 1.165) is 27.8 Å². The Morgan fingerprint density at radius 3 is 1.81 bits per heavy atom. The van der Waals surface area contributed by atoms with Gasteiger partial charge in [0, 0.05) is 17.5 Å². The number of benzene rings is 4. The van der Waals surface area contributed by atoms with E-state index < -0.39 is 23.7 Å². The predicted molar refractivity (Wildman–Crippen MR) is 162 cm³/mol. The Balaban J connectivity index is 1.66. The number of nitrogens with one attached hydrogen (secondary N) is 1. The average Bonchev–Trinajstić information content (AvgIpc) is 2.99. The monoisotopic (exact) mass is 567 g/mol. The topological polar surface area (TPSA) is 83.1 Å². The molecule has 1 amide bonds. The van der Waals surface area contributed by atoms with Gasteiger partial charge in [0.2, 0.25) is 0 Å². The lowest BCUT2D eigenvalue weighted by Crippen LogP contribution is -2.45. The van der Waals surface area contributed by atoms with Crippen molar-refractivity contribution in [3.63, 3.8) is 0 Å². The molecule has 4 rings (SSSR count). The van der Waals surface area contributed by atoms with Crippen LogP contribution in [0.1, 0.15) is 37.5 Å². The third kappa shape index (κ3) is 8.86. The molecule has 7 heteroatoms. The van der Waals surface area contributed by atoms with Crippen LogP contribution in [0.4, 0.5) is 4.79 Å². The Labute approximate surface area is 247 Å². The summed E-state index contributed by atoms with van der Waals surface area (Å²) in [4.78, 5) is 25.1. The molecule has 42 heavy (non-hydrogen) atoms. The average molecular weight is 568 g/mol. The smallest absolute Gasteiger partial charge is 0.408 e. The van der Waals surface area contributed by atoms with E-state index in [4.69, 9.17) is 18.9 Å². The molecule has 0 radical (unpaired) electrons. The van der Waals surface area contributed by atoms with Crippen molar-refractivity contribution in [2.24, 2.45) is 0 Å². The summed E-state index contributed by atoms with van der Waals surface area (Å²) in [5.41, 5.74) is 3.81. The Bertz CT molecular complexity index is 1460. The SMILES string of the molecule is COC(=O)[C@H](Cc1ccc(OCc2ccccc2)c(-c2ccccc2OCc2ccccc2)c1)NC(=O)OC(C)(C)C. The van der Waals surface area contributed by atoms with Crippen LogP contribution in [0, 0.1) is 0 Å². The number of methoxy groups -OCH3 is 1. The lowest BCUT2D eigenvalue weighted by atomic mass is 9.97. The molecule has 4 aromatic carbocycles. The maximum atomic E-state index is 12.6. The Morgan fingerprint density at radius 2 is 1.24 bits per heavy atom. The maximum absolute atomic E-state index is 12.6. The van der Waals surface area contributed by atoms with Gasteiger partial charge in [-0.25, -0.2) is 9.59 Å². The number of esters is 1. The highest BCUT2D eigenvalue weighted by atomic mass is 16.6. The fraction of sp³-hybridized carbons (Fsp3) is 0.257. The highest BCUT2D eigenvalue weighted by Gasteiger charge is 2.26. The molecule has 0 aliphatic carbocycles. The van der Waals surface area contributed by atoms with Crippen LogP contribution in [0.3, 0.4) is 0 Å². The van der Waals surface area contributed by atoms with Gasteiger partial charge in [-0.2, -0.15) is 0 Å². The Morgan fingerprint density at radius 1 is 0.690 bits per heavy atom. The summed E-state index contributed by atoms with van der Waals surface area (Å²) in [6.45, 7) is 6.07. The largest absolute Gasteiger partial charge is 0.488 e. The normalized spacial score (nSPS) is 11.7. The van der Waals surface area contributed by atoms with Crippen LogP contribution in [0.5, 0.6) is 11.5 Å². The van der Waals surface area contributed by atoms with Gasteiger partial charge < -0.3 is 24.3 Å². The fourth-order valence-corrected chi connectivity index (χ4v) is 4.35. The number of amides is 1. The Kier molecular flexibility index (Phi) is 10.2. The summed E-state index contributed by atoms with van der Waals surface area (Å²) < 4.78 is 22.9. The van der Waals surface area contributed by atoms with Crippen LogP contribution < -0.4 is 14.8 Å². The summed E-state index contributed by atoms with van der Waals surface area (Å²) in [5, 5.41) is 2.65. The summed E-state index contributed by atoms with van der Waals surface area (Å²) >= 11 is 0. The number of para-hydroxylation sites is 1. The third-order valence-electron chi connectivity index (χ3n) is 6.31. The molecule has 0 fully saturated rings. The van der Waals surface area contributed by atoms with Gasteiger partial charge in [-0.15, -0.1) is 0 Å². The zero-order chi connectivity index (χ0) is 30.0. The molecule has 1 atom stereocenters. The minimum Gasteiger partial charge on any atom is -0.488 e. The van der Waals surface area contributed by atoms with Gasteiger partial charge in [0.15, 0.2) is 0 Å². The summed E-state index contributed by atoms with van der Waals surface area (Å²) in [5.74, 6) is 0.783. The lowest BCUT2D eigenvalue weighted by molar-refractivity contribution is -0.143. The van der Waals surface area contributed by atoms with E-state index in [2.05, 4.69) is 5.32 Å². The predicted octanol–water partition coefficient (Wildman–Crippen LogP) is 7.12. The van der Waals surface area contributed by atoms with Crippen LogP contribution in [0.15, 0.2) is 103 Å². The van der Waals surface area contributed by atoms with E-state index in [1.165, 1.54) is 7.11 Å². The summed E-state index contributed by atoms with van der Waals surface area (Å²) in [6, 6.07) is 32.4. The molecular weight excluding hydrogens is 530 g/mol. The zero-order valence-corrected chi connectivity index (χ0v) is 24.5. The molecule has 0 saturated heterocycles. The van der Waals surface area contributed by atoms with E-state index in [1.807, 2.05) is 103 Å². The number of rotatable bonds is 11. The molecular formula is C35H37NO6. The van der Waals surface area contributed by atoms with E-state index in [1.54, 1.807) is 20.8 Å². The van der Waals surface area contributed by atoms with Crippen molar-refractivity contribution in [3.8, 4) is 22.6 Å². The molecule has 218 valence electrons. The zero-order valence-electron chi connectivity index (χ0n) is 24.5. The van der Waals surface area contributed by atoms with E-state index in [9.17, 15) is 9.59 Å². The van der Waals surface area contributed by atoms with Crippen LogP contribution in [-0.2, 0) is 33.9 Å². The van der Waals surface area contributed by atoms with Crippen molar-refractivity contribution in [1.82, 2.24) is 5.32 Å². The second-order valence-corrected chi connectivity index (χ2v) is 10.8. The van der Waals surface area contributed by atoms with E-state index in [-0.39, 0.29) is 6.42 Å². The highest BCUT2D eigenvalue weighted by Crippen LogP contribution is 2.38. The quantitative estimate of drug-likeness (QED) is 0.194. The van der Waals surface area contributed by atoms with Crippen LogP contribution in [-0.4, -0.2) is 30.8 Å². The molecule has 0 saturated carbocycles.